The molecule has 0 saturated heterocycles. The molecule has 3 aromatic carbocycles. The second-order valence-corrected chi connectivity index (χ2v) is 16.4. The Morgan fingerprint density at radius 1 is 0.783 bits per heavy atom. The van der Waals surface area contributed by atoms with Crippen molar-refractivity contribution in [2.24, 2.45) is 0 Å². The topological polar surface area (TPSA) is 199 Å². The summed E-state index contributed by atoms with van der Waals surface area (Å²) in [6.45, 7) is 15.7. The molecule has 46 heavy (non-hydrogen) atoms. The highest BCUT2D eigenvalue weighted by Gasteiger charge is 2.37. The maximum Gasteiger partial charge on any atom is 0.269 e. The van der Waals surface area contributed by atoms with E-state index in [0.717, 1.165) is 18.6 Å². The standard InChI is InChI=1S/C30H20N4O8S4/c1-33-23(11-31)28-20-9-18-16(6-5-15(13-43(35)36)22(18)14-44(37)38)26(20)29(24(12-32)34-2)21-10-19-17(27(21)28)7-8-25(45(3,39)40)30(19)46(4,41)42/h5-8H,9-10,13-14H2,3-4H3,(H,35,36)(H,37,38)/b28-23+,29-24-. The lowest BCUT2D eigenvalue weighted by Crippen LogP contribution is -2.25. The van der Waals surface area contributed by atoms with Crippen molar-refractivity contribution in [2.45, 2.75) is 34.1 Å². The van der Waals surface area contributed by atoms with E-state index in [1.54, 1.807) is 6.07 Å². The third-order valence-corrected chi connectivity index (χ3v) is 11.5. The van der Waals surface area contributed by atoms with Crippen LogP contribution in [0.15, 0.2) is 34.1 Å². The highest BCUT2D eigenvalue weighted by Crippen LogP contribution is 2.44. The van der Waals surface area contributed by atoms with Crippen molar-refractivity contribution in [3.63, 3.8) is 0 Å². The third kappa shape index (κ3) is 5.25. The van der Waals surface area contributed by atoms with E-state index in [-0.39, 0.29) is 62.4 Å². The summed E-state index contributed by atoms with van der Waals surface area (Å²) in [5.74, 6) is -0.774. The number of nitriles is 2. The Hall–Kier alpha value is -4.52. The van der Waals surface area contributed by atoms with Gasteiger partial charge in [-0.05, 0) is 74.5 Å². The summed E-state index contributed by atoms with van der Waals surface area (Å²) in [7, 11) is -8.23. The normalized spacial score (nSPS) is 15.5. The van der Waals surface area contributed by atoms with Gasteiger partial charge in [-0.25, -0.2) is 45.5 Å². The van der Waals surface area contributed by atoms with Gasteiger partial charge in [-0.1, -0.05) is 18.2 Å². The minimum atomic E-state index is -4.18. The van der Waals surface area contributed by atoms with Crippen LogP contribution in [0, 0.1) is 35.8 Å². The Balaban J connectivity index is 2.07. The highest BCUT2D eigenvalue weighted by molar-refractivity contribution is 7.93. The quantitative estimate of drug-likeness (QED) is 0.196. The SMILES string of the molecule is [C-]#[N+]/C(C#N)=c1/c2c(/c(=C(\C#N)[N+]#[C-])c3c1-c1ccc(CS(=O)O)c(CS(=O)O)c1C3)-c1ccc(S(C)(=O)=O)c(S(C)(=O)=O)c1C2. The fourth-order valence-electron chi connectivity index (χ4n) is 6.42. The molecular formula is C30H20N4O8S4. The summed E-state index contributed by atoms with van der Waals surface area (Å²) in [6.07, 6.45) is 1.41. The lowest BCUT2D eigenvalue weighted by atomic mass is 9.90. The van der Waals surface area contributed by atoms with E-state index in [1.165, 1.54) is 12.1 Å². The lowest BCUT2D eigenvalue weighted by Gasteiger charge is -2.14. The van der Waals surface area contributed by atoms with Gasteiger partial charge in [-0.2, -0.15) is 0 Å². The van der Waals surface area contributed by atoms with Gasteiger partial charge in [0.2, 0.25) is 0 Å². The van der Waals surface area contributed by atoms with Gasteiger partial charge in [0.15, 0.2) is 41.8 Å². The molecule has 0 heterocycles. The van der Waals surface area contributed by atoms with E-state index in [2.05, 4.69) is 9.69 Å². The molecule has 2 unspecified atom stereocenters. The predicted molar refractivity (Wildman–Crippen MR) is 169 cm³/mol. The molecule has 2 N–H and O–H groups in total. The molecule has 0 fully saturated rings. The first-order valence-electron chi connectivity index (χ1n) is 13.0. The lowest BCUT2D eigenvalue weighted by molar-refractivity contribution is 0.559. The predicted octanol–water partition coefficient (Wildman–Crippen LogP) is 2.18. The number of nitrogens with zero attached hydrogens (tertiary/aromatic N) is 4. The maximum absolute atomic E-state index is 13.1. The molecule has 0 radical (unpaired) electrons. The summed E-state index contributed by atoms with van der Waals surface area (Å²) in [6, 6.07) is 9.34. The van der Waals surface area contributed by atoms with E-state index in [1.807, 2.05) is 12.1 Å². The average Bonchev–Trinajstić information content (AvgIpc) is 3.53. The Labute approximate surface area is 269 Å². The van der Waals surface area contributed by atoms with Gasteiger partial charge in [0.25, 0.3) is 11.4 Å². The van der Waals surface area contributed by atoms with Crippen LogP contribution in [-0.4, -0.2) is 46.9 Å². The molecule has 3 aromatic rings. The second kappa shape index (κ2) is 11.7. The average molecular weight is 693 g/mol. The van der Waals surface area contributed by atoms with E-state index < -0.39 is 68.8 Å². The molecule has 232 valence electrons. The molecule has 0 amide bonds. The van der Waals surface area contributed by atoms with Crippen LogP contribution in [0.25, 0.3) is 43.3 Å². The van der Waals surface area contributed by atoms with E-state index in [9.17, 15) is 44.9 Å². The van der Waals surface area contributed by atoms with Gasteiger partial charge < -0.3 is 9.11 Å². The smallest absolute Gasteiger partial charge is 0.269 e. The molecule has 2 aliphatic carbocycles. The van der Waals surface area contributed by atoms with Gasteiger partial charge in [0, 0.05) is 22.9 Å². The van der Waals surface area contributed by atoms with E-state index in [0.29, 0.717) is 22.3 Å². The van der Waals surface area contributed by atoms with E-state index in [4.69, 9.17) is 13.1 Å². The third-order valence-electron chi connectivity index (χ3n) is 7.93. The largest absolute Gasteiger partial charge is 0.306 e. The monoisotopic (exact) mass is 692 g/mol. The zero-order valence-electron chi connectivity index (χ0n) is 23.9. The van der Waals surface area contributed by atoms with Crippen LogP contribution >= 0.6 is 0 Å². The summed E-state index contributed by atoms with van der Waals surface area (Å²) in [4.78, 5) is 5.97. The van der Waals surface area contributed by atoms with Crippen LogP contribution in [0.1, 0.15) is 33.4 Å². The van der Waals surface area contributed by atoms with Crippen LogP contribution in [0.2, 0.25) is 0 Å². The summed E-state index contributed by atoms with van der Waals surface area (Å²) in [5.41, 5.74) is 2.00. The Morgan fingerprint density at radius 3 is 1.70 bits per heavy atom. The Bertz CT molecular complexity index is 2500. The molecule has 0 saturated carbocycles. The Kier molecular flexibility index (Phi) is 8.35. The van der Waals surface area contributed by atoms with Crippen molar-refractivity contribution < 1.29 is 34.4 Å². The van der Waals surface area contributed by atoms with Gasteiger partial charge in [0.1, 0.15) is 0 Å². The van der Waals surface area contributed by atoms with Crippen molar-refractivity contribution in [2.75, 3.05) is 12.5 Å². The van der Waals surface area contributed by atoms with Gasteiger partial charge in [0.05, 0.1) is 46.6 Å². The van der Waals surface area contributed by atoms with E-state index >= 15 is 0 Å². The maximum atomic E-state index is 13.1. The number of hydrogen-bond donors (Lipinski definition) is 2. The van der Waals surface area contributed by atoms with Gasteiger partial charge in [-0.15, -0.1) is 0 Å². The summed E-state index contributed by atoms with van der Waals surface area (Å²) in [5, 5.41) is 20.4. The molecule has 0 spiro atoms. The number of rotatable bonds is 6. The minimum absolute atomic E-state index is 0.0637. The van der Waals surface area contributed by atoms with Crippen LogP contribution in [0.5, 0.6) is 0 Å². The zero-order chi connectivity index (χ0) is 33.9. The van der Waals surface area contributed by atoms with Gasteiger partial charge in [-0.3, -0.25) is 0 Å². The molecule has 0 aromatic heterocycles. The van der Waals surface area contributed by atoms with Crippen molar-refractivity contribution in [3.8, 4) is 34.4 Å². The van der Waals surface area contributed by atoms with Crippen LogP contribution < -0.4 is 10.4 Å². The molecule has 16 heteroatoms. The number of benzene rings is 3. The van der Waals surface area contributed by atoms with Crippen LogP contribution in [-0.2, 0) is 66.2 Å². The molecule has 2 atom stereocenters. The first-order valence-corrected chi connectivity index (χ1v) is 19.3. The van der Waals surface area contributed by atoms with Crippen molar-refractivity contribution >= 4 is 53.2 Å². The van der Waals surface area contributed by atoms with Crippen molar-refractivity contribution in [1.82, 2.24) is 0 Å². The number of sulfone groups is 2. The number of hydrogen-bond acceptors (Lipinski definition) is 8. The van der Waals surface area contributed by atoms with Crippen molar-refractivity contribution in [1.29, 1.82) is 10.5 Å². The van der Waals surface area contributed by atoms with Crippen LogP contribution in [0.4, 0.5) is 0 Å². The molecule has 0 bridgehead atoms. The molecule has 2 aliphatic rings. The second-order valence-electron chi connectivity index (χ2n) is 10.6. The molecule has 0 aliphatic heterocycles. The fraction of sp³-hybridized carbons (Fsp3) is 0.200. The highest BCUT2D eigenvalue weighted by atomic mass is 32.2. The van der Waals surface area contributed by atoms with Crippen molar-refractivity contribution in [3.05, 3.63) is 90.9 Å². The fourth-order valence-corrected chi connectivity index (χ4v) is 10.3. The zero-order valence-corrected chi connectivity index (χ0v) is 27.2. The van der Waals surface area contributed by atoms with Crippen LogP contribution in [0.3, 0.4) is 0 Å². The first-order chi connectivity index (χ1) is 21.6. The molecule has 12 nitrogen and oxygen atoms in total. The Morgan fingerprint density at radius 2 is 1.26 bits per heavy atom. The number of fused-ring (bicyclic) bond motifs is 6. The summed E-state index contributed by atoms with van der Waals surface area (Å²) >= 11 is -4.69. The molecular weight excluding hydrogens is 673 g/mol. The minimum Gasteiger partial charge on any atom is -0.306 e. The molecule has 5 rings (SSSR count). The van der Waals surface area contributed by atoms with Gasteiger partial charge >= 0.3 is 0 Å². The first kappa shape index (κ1) is 32.9. The summed E-state index contributed by atoms with van der Waals surface area (Å²) < 4.78 is 94.9.